The van der Waals surface area contributed by atoms with Gasteiger partial charge < -0.3 is 10.1 Å². The van der Waals surface area contributed by atoms with Gasteiger partial charge in [-0.3, -0.25) is 4.90 Å². The van der Waals surface area contributed by atoms with Gasteiger partial charge in [-0.25, -0.2) is 9.18 Å². The lowest BCUT2D eigenvalue weighted by molar-refractivity contribution is 0.166. The number of alkyl carbamates (subject to hydrolysis) is 1. The van der Waals surface area contributed by atoms with Crippen LogP contribution in [0.4, 0.5) is 9.18 Å². The summed E-state index contributed by atoms with van der Waals surface area (Å²) in [6.07, 6.45) is 0.439. The summed E-state index contributed by atoms with van der Waals surface area (Å²) in [4.78, 5) is 13.2. The van der Waals surface area contributed by atoms with Crippen molar-refractivity contribution in [2.75, 3.05) is 20.2 Å². The maximum atomic E-state index is 13.7. The number of nitrogens with one attached hydrogen (secondary N) is 1. The molecule has 0 aromatic heterocycles. The number of halogens is 2. The van der Waals surface area contributed by atoms with Crippen molar-refractivity contribution in [2.45, 2.75) is 19.0 Å². The number of methoxy groups -OCH3 is 1. The minimum atomic E-state index is -0.415. The number of rotatable bonds is 3. The van der Waals surface area contributed by atoms with Gasteiger partial charge in [0.2, 0.25) is 0 Å². The molecule has 0 saturated carbocycles. The summed E-state index contributed by atoms with van der Waals surface area (Å²) in [5.74, 6) is -0.209. The molecule has 1 N–H and O–H groups in total. The molecule has 1 saturated heterocycles. The van der Waals surface area contributed by atoms with Gasteiger partial charge in [-0.05, 0) is 18.6 Å². The van der Waals surface area contributed by atoms with Crippen LogP contribution in [-0.2, 0) is 11.3 Å². The molecule has 1 heterocycles. The number of carbonyl (C=O) groups is 1. The second-order valence-corrected chi connectivity index (χ2v) is 5.51. The smallest absolute Gasteiger partial charge is 0.407 e. The van der Waals surface area contributed by atoms with Crippen molar-refractivity contribution in [1.29, 1.82) is 0 Å². The number of hydrogen-bond donors (Lipinski definition) is 1. The summed E-state index contributed by atoms with van der Waals surface area (Å²) in [7, 11) is 1.35. The average molecular weight is 331 g/mol. The topological polar surface area (TPSA) is 41.6 Å². The molecule has 1 aromatic carbocycles. The van der Waals surface area contributed by atoms with Crippen LogP contribution in [0, 0.1) is 5.82 Å². The van der Waals surface area contributed by atoms with Crippen LogP contribution in [0.25, 0.3) is 0 Å². The van der Waals surface area contributed by atoms with Crippen LogP contribution in [0.15, 0.2) is 22.7 Å². The number of likely N-dealkylation sites (tertiary alicyclic amines) is 1. The predicted octanol–water partition coefficient (Wildman–Crippen LogP) is 2.52. The van der Waals surface area contributed by atoms with Crippen molar-refractivity contribution >= 4 is 22.0 Å². The molecule has 104 valence electrons. The van der Waals surface area contributed by atoms with Crippen LogP contribution in [0.5, 0.6) is 0 Å². The Morgan fingerprint density at radius 1 is 1.63 bits per heavy atom. The maximum absolute atomic E-state index is 13.7. The lowest BCUT2D eigenvalue weighted by Crippen LogP contribution is -2.36. The van der Waals surface area contributed by atoms with Crippen molar-refractivity contribution < 1.29 is 13.9 Å². The van der Waals surface area contributed by atoms with Gasteiger partial charge in [0.1, 0.15) is 5.82 Å². The first-order chi connectivity index (χ1) is 9.08. The fraction of sp³-hybridized carbons (Fsp3) is 0.462. The molecule has 4 nitrogen and oxygen atoms in total. The Bertz CT molecular complexity index is 470. The third-order valence-corrected chi connectivity index (χ3v) is 3.68. The van der Waals surface area contributed by atoms with E-state index in [1.807, 2.05) is 6.07 Å². The summed E-state index contributed by atoms with van der Waals surface area (Å²) >= 11 is 3.24. The van der Waals surface area contributed by atoms with Gasteiger partial charge in [0.05, 0.1) is 7.11 Å². The van der Waals surface area contributed by atoms with Crippen LogP contribution in [0.2, 0.25) is 0 Å². The number of amides is 1. The fourth-order valence-corrected chi connectivity index (χ4v) is 2.54. The first-order valence-electron chi connectivity index (χ1n) is 6.09. The summed E-state index contributed by atoms with van der Waals surface area (Å²) in [6, 6.07) is 5.15. The lowest BCUT2D eigenvalue weighted by Gasteiger charge is -2.17. The van der Waals surface area contributed by atoms with E-state index >= 15 is 0 Å². The van der Waals surface area contributed by atoms with Gasteiger partial charge >= 0.3 is 6.09 Å². The number of ether oxygens (including phenoxy) is 1. The quantitative estimate of drug-likeness (QED) is 0.925. The fourth-order valence-electron chi connectivity index (χ4n) is 2.21. The molecule has 1 unspecified atom stereocenters. The van der Waals surface area contributed by atoms with Crippen molar-refractivity contribution in [2.24, 2.45) is 0 Å². The SMILES string of the molecule is COC(=O)NC1CCN(Cc2ccc(Br)cc2F)C1. The molecule has 1 aromatic rings. The summed E-state index contributed by atoms with van der Waals surface area (Å²) in [5, 5.41) is 2.76. The van der Waals surface area contributed by atoms with E-state index < -0.39 is 6.09 Å². The number of benzene rings is 1. The van der Waals surface area contributed by atoms with E-state index in [0.29, 0.717) is 18.7 Å². The zero-order chi connectivity index (χ0) is 13.8. The minimum Gasteiger partial charge on any atom is -0.453 e. The Hall–Kier alpha value is -1.14. The van der Waals surface area contributed by atoms with Crippen molar-refractivity contribution in [3.63, 3.8) is 0 Å². The van der Waals surface area contributed by atoms with Crippen molar-refractivity contribution in [3.8, 4) is 0 Å². The zero-order valence-corrected chi connectivity index (χ0v) is 12.2. The first kappa shape index (κ1) is 14.3. The highest BCUT2D eigenvalue weighted by molar-refractivity contribution is 9.10. The van der Waals surface area contributed by atoms with E-state index in [9.17, 15) is 9.18 Å². The van der Waals surface area contributed by atoms with E-state index in [2.05, 4.69) is 30.9 Å². The van der Waals surface area contributed by atoms with Gasteiger partial charge in [-0.15, -0.1) is 0 Å². The summed E-state index contributed by atoms with van der Waals surface area (Å²) in [6.45, 7) is 2.10. The van der Waals surface area contributed by atoms with Gasteiger partial charge in [0.15, 0.2) is 0 Å². The van der Waals surface area contributed by atoms with E-state index in [0.717, 1.165) is 17.4 Å². The Balaban J connectivity index is 1.89. The molecule has 1 fully saturated rings. The Morgan fingerprint density at radius 3 is 3.11 bits per heavy atom. The van der Waals surface area contributed by atoms with Crippen LogP contribution in [0.1, 0.15) is 12.0 Å². The zero-order valence-electron chi connectivity index (χ0n) is 10.7. The molecule has 0 spiro atoms. The van der Waals surface area contributed by atoms with Gasteiger partial charge in [0.25, 0.3) is 0 Å². The largest absolute Gasteiger partial charge is 0.453 e. The molecular formula is C13H16BrFN2O2. The number of carbonyl (C=O) groups excluding carboxylic acids is 1. The van der Waals surface area contributed by atoms with Crippen molar-refractivity contribution in [3.05, 3.63) is 34.1 Å². The standard InChI is InChI=1S/C13H16BrFN2O2/c1-19-13(18)16-11-4-5-17(8-11)7-9-2-3-10(14)6-12(9)15/h2-3,6,11H,4-5,7-8H2,1H3,(H,16,18). The number of nitrogens with zero attached hydrogens (tertiary/aromatic N) is 1. The molecule has 0 radical (unpaired) electrons. The second kappa shape index (κ2) is 6.34. The van der Waals surface area contributed by atoms with Crippen LogP contribution in [-0.4, -0.2) is 37.2 Å². The lowest BCUT2D eigenvalue weighted by atomic mass is 10.2. The monoisotopic (exact) mass is 330 g/mol. The normalized spacial score (nSPS) is 19.4. The first-order valence-corrected chi connectivity index (χ1v) is 6.88. The molecule has 0 aliphatic carbocycles. The maximum Gasteiger partial charge on any atom is 0.407 e. The molecule has 1 atom stereocenters. The molecule has 1 aliphatic heterocycles. The second-order valence-electron chi connectivity index (χ2n) is 4.59. The van der Waals surface area contributed by atoms with E-state index in [-0.39, 0.29) is 11.9 Å². The third kappa shape index (κ3) is 3.91. The van der Waals surface area contributed by atoms with Gasteiger partial charge in [0, 0.05) is 35.7 Å². The van der Waals surface area contributed by atoms with Crippen molar-refractivity contribution in [1.82, 2.24) is 10.2 Å². The molecular weight excluding hydrogens is 315 g/mol. The average Bonchev–Trinajstić information content (AvgIpc) is 2.80. The summed E-state index contributed by atoms with van der Waals surface area (Å²) in [5.41, 5.74) is 0.668. The van der Waals surface area contributed by atoms with Gasteiger partial charge in [-0.1, -0.05) is 22.0 Å². The van der Waals surface area contributed by atoms with Gasteiger partial charge in [-0.2, -0.15) is 0 Å². The highest BCUT2D eigenvalue weighted by Crippen LogP contribution is 2.19. The Kier molecular flexibility index (Phi) is 4.76. The Labute approximate surface area is 120 Å². The van der Waals surface area contributed by atoms with Crippen LogP contribution in [0.3, 0.4) is 0 Å². The summed E-state index contributed by atoms with van der Waals surface area (Å²) < 4.78 is 19.0. The third-order valence-electron chi connectivity index (χ3n) is 3.19. The van der Waals surface area contributed by atoms with E-state index in [1.54, 1.807) is 6.07 Å². The molecule has 2 rings (SSSR count). The molecule has 0 bridgehead atoms. The van der Waals surface area contributed by atoms with E-state index in [4.69, 9.17) is 0 Å². The minimum absolute atomic E-state index is 0.0750. The highest BCUT2D eigenvalue weighted by atomic mass is 79.9. The number of hydrogen-bond acceptors (Lipinski definition) is 3. The molecule has 1 amide bonds. The highest BCUT2D eigenvalue weighted by Gasteiger charge is 2.24. The van der Waals surface area contributed by atoms with Crippen LogP contribution < -0.4 is 5.32 Å². The van der Waals surface area contributed by atoms with E-state index in [1.165, 1.54) is 13.2 Å². The molecule has 6 heteroatoms. The van der Waals surface area contributed by atoms with Crippen LogP contribution >= 0.6 is 15.9 Å². The predicted molar refractivity (Wildman–Crippen MR) is 73.3 cm³/mol. The Morgan fingerprint density at radius 2 is 2.42 bits per heavy atom. The molecule has 19 heavy (non-hydrogen) atoms. The molecule has 1 aliphatic rings.